The van der Waals surface area contributed by atoms with Crippen LogP contribution in [0.15, 0.2) is 59.2 Å². The molecule has 2 aromatic heterocycles. The first-order valence-corrected chi connectivity index (χ1v) is 9.73. The number of anilines is 1. The number of methoxy groups -OCH3 is 1. The molecule has 28 heavy (non-hydrogen) atoms. The summed E-state index contributed by atoms with van der Waals surface area (Å²) in [6, 6.07) is 14.9. The molecule has 0 radical (unpaired) electrons. The first-order chi connectivity index (χ1) is 13.6. The molecule has 0 bridgehead atoms. The summed E-state index contributed by atoms with van der Waals surface area (Å²) < 4.78 is 11.8. The van der Waals surface area contributed by atoms with Gasteiger partial charge >= 0.3 is 0 Å². The Balaban J connectivity index is 1.78. The minimum atomic E-state index is -0.131. The number of carbonyl (C=O) groups is 1. The third-order valence-electron chi connectivity index (χ3n) is 4.64. The van der Waals surface area contributed by atoms with Crippen molar-refractivity contribution in [2.75, 3.05) is 12.0 Å². The number of fused-ring (bicyclic) bond motifs is 1. The highest BCUT2D eigenvalue weighted by molar-refractivity contribution is 7.22. The molecule has 2 heterocycles. The maximum Gasteiger partial charge on any atom is 0.260 e. The number of carbonyl (C=O) groups excluding carboxylic acids is 1. The number of nitrogens with zero attached hydrogens (tertiary/aromatic N) is 2. The van der Waals surface area contributed by atoms with Crippen LogP contribution in [0.1, 0.15) is 27.2 Å². The standard InChI is InChI=1S/C22H20N2O3S/c1-14-6-7-15(2)20-19(14)23-22(28-20)24(13-18-5-4-12-27-18)21(25)16-8-10-17(26-3)11-9-16/h4-12H,13H2,1-3H3. The number of ether oxygens (including phenoxy) is 1. The van der Waals surface area contributed by atoms with Gasteiger partial charge in [-0.2, -0.15) is 0 Å². The molecular formula is C22H20N2O3S. The second kappa shape index (κ2) is 7.48. The van der Waals surface area contributed by atoms with E-state index in [0.717, 1.165) is 21.3 Å². The van der Waals surface area contributed by atoms with E-state index in [9.17, 15) is 4.79 Å². The number of rotatable bonds is 5. The molecular weight excluding hydrogens is 372 g/mol. The van der Waals surface area contributed by atoms with E-state index in [1.807, 2.05) is 19.1 Å². The highest BCUT2D eigenvalue weighted by atomic mass is 32.1. The van der Waals surface area contributed by atoms with Crippen LogP contribution >= 0.6 is 11.3 Å². The Morgan fingerprint density at radius 3 is 2.50 bits per heavy atom. The monoisotopic (exact) mass is 392 g/mol. The van der Waals surface area contributed by atoms with Crippen molar-refractivity contribution in [3.05, 3.63) is 77.2 Å². The summed E-state index contributed by atoms with van der Waals surface area (Å²) >= 11 is 1.53. The zero-order chi connectivity index (χ0) is 19.7. The van der Waals surface area contributed by atoms with Gasteiger partial charge in [0, 0.05) is 5.56 Å². The van der Waals surface area contributed by atoms with Gasteiger partial charge in [-0.15, -0.1) is 0 Å². The average Bonchev–Trinajstić information content (AvgIpc) is 3.39. The van der Waals surface area contributed by atoms with E-state index in [0.29, 0.717) is 28.7 Å². The van der Waals surface area contributed by atoms with Gasteiger partial charge in [0.05, 0.1) is 30.1 Å². The predicted molar refractivity (Wildman–Crippen MR) is 111 cm³/mol. The lowest BCUT2D eigenvalue weighted by Gasteiger charge is -2.19. The molecule has 0 saturated heterocycles. The SMILES string of the molecule is COc1ccc(C(=O)N(Cc2ccco2)c2nc3c(C)ccc(C)c3s2)cc1. The number of hydrogen-bond acceptors (Lipinski definition) is 5. The van der Waals surface area contributed by atoms with Crippen molar-refractivity contribution in [1.82, 2.24) is 4.98 Å². The molecule has 0 aliphatic rings. The van der Waals surface area contributed by atoms with Gasteiger partial charge in [-0.05, 0) is 61.4 Å². The molecule has 4 rings (SSSR count). The Hall–Kier alpha value is -3.12. The fourth-order valence-electron chi connectivity index (χ4n) is 3.04. The van der Waals surface area contributed by atoms with Crippen LogP contribution < -0.4 is 9.64 Å². The van der Waals surface area contributed by atoms with Crippen LogP contribution in [-0.4, -0.2) is 18.0 Å². The fraction of sp³-hybridized carbons (Fsp3) is 0.182. The molecule has 6 heteroatoms. The maximum atomic E-state index is 13.3. The molecule has 1 amide bonds. The van der Waals surface area contributed by atoms with E-state index in [1.54, 1.807) is 42.5 Å². The minimum absolute atomic E-state index is 0.131. The molecule has 0 unspecified atom stereocenters. The van der Waals surface area contributed by atoms with E-state index in [2.05, 4.69) is 19.1 Å². The van der Waals surface area contributed by atoms with Gasteiger partial charge in [-0.1, -0.05) is 23.5 Å². The second-order valence-corrected chi connectivity index (χ2v) is 7.55. The van der Waals surface area contributed by atoms with E-state index < -0.39 is 0 Å². The van der Waals surface area contributed by atoms with E-state index in [4.69, 9.17) is 14.1 Å². The summed E-state index contributed by atoms with van der Waals surface area (Å²) in [4.78, 5) is 19.8. The summed E-state index contributed by atoms with van der Waals surface area (Å²) in [5.41, 5.74) is 3.75. The van der Waals surface area contributed by atoms with Crippen LogP contribution in [0.2, 0.25) is 0 Å². The lowest BCUT2D eigenvalue weighted by Crippen LogP contribution is -2.30. The highest BCUT2D eigenvalue weighted by Crippen LogP contribution is 2.34. The number of furan rings is 1. The van der Waals surface area contributed by atoms with Crippen LogP contribution in [-0.2, 0) is 6.54 Å². The smallest absolute Gasteiger partial charge is 0.260 e. The van der Waals surface area contributed by atoms with Crippen LogP contribution in [0.25, 0.3) is 10.2 Å². The van der Waals surface area contributed by atoms with Crippen molar-refractivity contribution in [1.29, 1.82) is 0 Å². The van der Waals surface area contributed by atoms with Crippen LogP contribution in [0.4, 0.5) is 5.13 Å². The van der Waals surface area contributed by atoms with Crippen molar-refractivity contribution in [2.24, 2.45) is 0 Å². The van der Waals surface area contributed by atoms with Crippen LogP contribution in [0, 0.1) is 13.8 Å². The molecule has 2 aromatic carbocycles. The van der Waals surface area contributed by atoms with Crippen molar-refractivity contribution in [2.45, 2.75) is 20.4 Å². The molecule has 5 nitrogen and oxygen atoms in total. The first kappa shape index (κ1) is 18.3. The molecule has 0 N–H and O–H groups in total. The molecule has 142 valence electrons. The lowest BCUT2D eigenvalue weighted by atomic mass is 10.1. The third kappa shape index (κ3) is 3.39. The van der Waals surface area contributed by atoms with Gasteiger partial charge < -0.3 is 9.15 Å². The van der Waals surface area contributed by atoms with Gasteiger partial charge in [0.15, 0.2) is 5.13 Å². The summed E-state index contributed by atoms with van der Waals surface area (Å²) in [6.07, 6.45) is 1.61. The van der Waals surface area contributed by atoms with Crippen molar-refractivity contribution < 1.29 is 13.9 Å². The quantitative estimate of drug-likeness (QED) is 0.459. The number of thiazole rings is 1. The number of amides is 1. The predicted octanol–water partition coefficient (Wildman–Crippen LogP) is 5.36. The van der Waals surface area contributed by atoms with E-state index in [-0.39, 0.29) is 5.91 Å². The normalized spacial score (nSPS) is 11.0. The Labute approximate surface area is 167 Å². The van der Waals surface area contributed by atoms with Gasteiger partial charge in [0.2, 0.25) is 0 Å². The van der Waals surface area contributed by atoms with Crippen LogP contribution in [0.3, 0.4) is 0 Å². The Bertz CT molecular complexity index is 1080. The largest absolute Gasteiger partial charge is 0.497 e. The number of aryl methyl sites for hydroxylation is 2. The fourth-order valence-corrected chi connectivity index (χ4v) is 4.15. The maximum absolute atomic E-state index is 13.3. The topological polar surface area (TPSA) is 55.6 Å². The molecule has 0 spiro atoms. The van der Waals surface area contributed by atoms with Gasteiger partial charge in [0.1, 0.15) is 11.5 Å². The van der Waals surface area contributed by atoms with Gasteiger partial charge in [0.25, 0.3) is 5.91 Å². The molecule has 4 aromatic rings. The van der Waals surface area contributed by atoms with Crippen molar-refractivity contribution >= 4 is 32.6 Å². The Kier molecular flexibility index (Phi) is 4.88. The van der Waals surface area contributed by atoms with Crippen molar-refractivity contribution in [3.63, 3.8) is 0 Å². The Morgan fingerprint density at radius 1 is 1.11 bits per heavy atom. The van der Waals surface area contributed by atoms with E-state index in [1.165, 1.54) is 11.3 Å². The number of hydrogen-bond donors (Lipinski definition) is 0. The molecule has 0 aliphatic carbocycles. The summed E-state index contributed by atoms with van der Waals surface area (Å²) in [7, 11) is 1.60. The van der Waals surface area contributed by atoms with Gasteiger partial charge in [-0.25, -0.2) is 4.98 Å². The molecule has 0 atom stereocenters. The van der Waals surface area contributed by atoms with Crippen molar-refractivity contribution in [3.8, 4) is 5.75 Å². The minimum Gasteiger partial charge on any atom is -0.497 e. The van der Waals surface area contributed by atoms with E-state index >= 15 is 0 Å². The zero-order valence-electron chi connectivity index (χ0n) is 15.9. The molecule has 0 saturated carbocycles. The lowest BCUT2D eigenvalue weighted by molar-refractivity contribution is 0.0983. The zero-order valence-corrected chi connectivity index (χ0v) is 16.7. The summed E-state index contributed by atoms with van der Waals surface area (Å²) in [5.74, 6) is 1.28. The number of aromatic nitrogens is 1. The molecule has 0 aliphatic heterocycles. The Morgan fingerprint density at radius 2 is 1.86 bits per heavy atom. The number of benzene rings is 2. The average molecular weight is 392 g/mol. The highest BCUT2D eigenvalue weighted by Gasteiger charge is 2.23. The first-order valence-electron chi connectivity index (χ1n) is 8.92. The second-order valence-electron chi connectivity index (χ2n) is 6.57. The summed E-state index contributed by atoms with van der Waals surface area (Å²) in [5, 5.41) is 0.657. The molecule has 0 fully saturated rings. The van der Waals surface area contributed by atoms with Crippen LogP contribution in [0.5, 0.6) is 5.75 Å². The third-order valence-corrected chi connectivity index (χ3v) is 5.85. The summed E-state index contributed by atoms with van der Waals surface area (Å²) in [6.45, 7) is 4.41. The van der Waals surface area contributed by atoms with Gasteiger partial charge in [-0.3, -0.25) is 9.69 Å².